The predicted octanol–water partition coefficient (Wildman–Crippen LogP) is -0.735. The summed E-state index contributed by atoms with van der Waals surface area (Å²) in [7, 11) is -3.47. The van der Waals surface area contributed by atoms with Gasteiger partial charge in [0.25, 0.3) is 10.2 Å². The first-order chi connectivity index (χ1) is 11.5. The molecule has 3 rings (SSSR count). The highest BCUT2D eigenvalue weighted by molar-refractivity contribution is 7.86. The highest BCUT2D eigenvalue weighted by atomic mass is 32.2. The molecule has 0 aliphatic carbocycles. The fourth-order valence-corrected chi connectivity index (χ4v) is 4.77. The van der Waals surface area contributed by atoms with Crippen molar-refractivity contribution in [2.24, 2.45) is 5.92 Å². The summed E-state index contributed by atoms with van der Waals surface area (Å²) in [5, 5.41) is 16.3. The van der Waals surface area contributed by atoms with Gasteiger partial charge in [0.05, 0.1) is 19.4 Å². The van der Waals surface area contributed by atoms with E-state index in [0.717, 1.165) is 12.8 Å². The van der Waals surface area contributed by atoms with Gasteiger partial charge in [0, 0.05) is 32.7 Å². The Morgan fingerprint density at radius 1 is 1.29 bits per heavy atom. The van der Waals surface area contributed by atoms with Crippen LogP contribution in [0.1, 0.15) is 23.3 Å². The number of ether oxygens (including phenoxy) is 1. The van der Waals surface area contributed by atoms with Gasteiger partial charge in [0.2, 0.25) is 0 Å². The zero-order chi connectivity index (χ0) is 17.2. The lowest BCUT2D eigenvalue weighted by molar-refractivity contribution is 0.0688. The maximum Gasteiger partial charge on any atom is 0.358 e. The van der Waals surface area contributed by atoms with E-state index in [1.54, 1.807) is 0 Å². The lowest BCUT2D eigenvalue weighted by atomic mass is 10.00. The summed E-state index contributed by atoms with van der Waals surface area (Å²) in [6, 6.07) is 0. The van der Waals surface area contributed by atoms with Gasteiger partial charge >= 0.3 is 5.97 Å². The number of rotatable bonds is 5. The first-order valence-electron chi connectivity index (χ1n) is 7.93. The summed E-state index contributed by atoms with van der Waals surface area (Å²) < 4.78 is 35.1. The average molecular weight is 359 g/mol. The zero-order valence-electron chi connectivity index (χ0n) is 13.2. The van der Waals surface area contributed by atoms with Crippen molar-refractivity contribution in [3.8, 4) is 0 Å². The van der Waals surface area contributed by atoms with E-state index in [4.69, 9.17) is 9.84 Å². The number of nitrogens with zero attached hydrogens (tertiary/aromatic N) is 5. The predicted molar refractivity (Wildman–Crippen MR) is 82.6 cm³/mol. The third kappa shape index (κ3) is 3.74. The van der Waals surface area contributed by atoms with Crippen molar-refractivity contribution in [2.45, 2.75) is 19.4 Å². The van der Waals surface area contributed by atoms with Gasteiger partial charge in [-0.25, -0.2) is 4.79 Å². The highest BCUT2D eigenvalue weighted by Gasteiger charge is 2.34. The van der Waals surface area contributed by atoms with E-state index in [1.165, 1.54) is 19.5 Å². The second-order valence-electron chi connectivity index (χ2n) is 6.02. The summed E-state index contributed by atoms with van der Waals surface area (Å²) in [6.45, 7) is 2.98. The molecule has 3 heterocycles. The van der Waals surface area contributed by atoms with Crippen LogP contribution < -0.4 is 0 Å². The Balaban J connectivity index is 1.64. The first-order valence-corrected chi connectivity index (χ1v) is 9.33. The number of aromatic nitrogens is 3. The first kappa shape index (κ1) is 17.3. The van der Waals surface area contributed by atoms with Crippen molar-refractivity contribution in [1.82, 2.24) is 23.6 Å². The summed E-state index contributed by atoms with van der Waals surface area (Å²) in [4.78, 5) is 10.8. The number of hydrogen-bond donors (Lipinski definition) is 1. The van der Waals surface area contributed by atoms with Crippen LogP contribution in [-0.4, -0.2) is 82.5 Å². The van der Waals surface area contributed by atoms with Crippen LogP contribution in [0.5, 0.6) is 0 Å². The third-order valence-electron chi connectivity index (χ3n) is 4.31. The van der Waals surface area contributed by atoms with Crippen LogP contribution in [0.3, 0.4) is 0 Å². The molecule has 1 atom stereocenters. The van der Waals surface area contributed by atoms with Crippen molar-refractivity contribution in [3.63, 3.8) is 0 Å². The van der Waals surface area contributed by atoms with Gasteiger partial charge in [-0.3, -0.25) is 4.68 Å². The highest BCUT2D eigenvalue weighted by Crippen LogP contribution is 2.22. The van der Waals surface area contributed by atoms with E-state index in [9.17, 15) is 13.2 Å². The lowest BCUT2D eigenvalue weighted by Gasteiger charge is -2.36. The molecule has 0 bridgehead atoms. The molecule has 1 unspecified atom stereocenters. The SMILES string of the molecule is O=C(O)c1cn(CC2CCCN(S(=O)(=O)N3CCOCC3)C2)nn1. The molecule has 1 aromatic heterocycles. The van der Waals surface area contributed by atoms with Crippen molar-refractivity contribution in [2.75, 3.05) is 39.4 Å². The number of piperidine rings is 1. The van der Waals surface area contributed by atoms with Gasteiger partial charge in [-0.2, -0.15) is 17.0 Å². The minimum absolute atomic E-state index is 0.0814. The molecule has 24 heavy (non-hydrogen) atoms. The standard InChI is InChI=1S/C13H21N5O5S/c19-13(20)12-10-16(15-14-12)8-11-2-1-3-18(9-11)24(21,22)17-4-6-23-7-5-17/h10-11H,1-9H2,(H,19,20). The Kier molecular flexibility index (Phi) is 5.13. The minimum atomic E-state index is -3.47. The van der Waals surface area contributed by atoms with Crippen molar-refractivity contribution < 1.29 is 23.1 Å². The molecule has 11 heteroatoms. The fourth-order valence-electron chi connectivity index (χ4n) is 3.08. The van der Waals surface area contributed by atoms with E-state index in [-0.39, 0.29) is 11.6 Å². The molecule has 10 nitrogen and oxygen atoms in total. The summed E-state index contributed by atoms with van der Waals surface area (Å²) in [5.41, 5.74) is -0.108. The van der Waals surface area contributed by atoms with Crippen LogP contribution in [0.4, 0.5) is 0 Å². The Morgan fingerprint density at radius 2 is 2.04 bits per heavy atom. The molecule has 1 N–H and O–H groups in total. The van der Waals surface area contributed by atoms with Gasteiger partial charge in [0.15, 0.2) is 5.69 Å². The second-order valence-corrected chi connectivity index (χ2v) is 7.94. The van der Waals surface area contributed by atoms with E-state index in [1.807, 2.05) is 0 Å². The third-order valence-corrected chi connectivity index (χ3v) is 6.31. The maximum atomic E-state index is 12.7. The molecule has 0 amide bonds. The monoisotopic (exact) mass is 359 g/mol. The smallest absolute Gasteiger partial charge is 0.358 e. The summed E-state index contributed by atoms with van der Waals surface area (Å²) in [6.07, 6.45) is 3.02. The maximum absolute atomic E-state index is 12.7. The van der Waals surface area contributed by atoms with Crippen LogP contribution >= 0.6 is 0 Å². The van der Waals surface area contributed by atoms with E-state index in [2.05, 4.69) is 10.3 Å². The molecule has 2 aliphatic rings. The molecule has 134 valence electrons. The normalized spacial score (nSPS) is 24.1. The van der Waals surface area contributed by atoms with Gasteiger partial charge in [-0.05, 0) is 18.8 Å². The molecular formula is C13H21N5O5S. The van der Waals surface area contributed by atoms with E-state index < -0.39 is 16.2 Å². The van der Waals surface area contributed by atoms with Crippen LogP contribution in [-0.2, 0) is 21.5 Å². The number of hydrogen-bond acceptors (Lipinski definition) is 6. The van der Waals surface area contributed by atoms with Gasteiger partial charge in [-0.15, -0.1) is 5.10 Å². The quantitative estimate of drug-likeness (QED) is 0.736. The fraction of sp³-hybridized carbons (Fsp3) is 0.769. The molecule has 1 aromatic rings. The molecule has 2 aliphatic heterocycles. The largest absolute Gasteiger partial charge is 0.476 e. The second kappa shape index (κ2) is 7.13. The summed E-state index contributed by atoms with van der Waals surface area (Å²) >= 11 is 0. The minimum Gasteiger partial charge on any atom is -0.476 e. The van der Waals surface area contributed by atoms with Crippen molar-refractivity contribution >= 4 is 16.2 Å². The van der Waals surface area contributed by atoms with Crippen LogP contribution in [0.15, 0.2) is 6.20 Å². The number of aromatic carboxylic acids is 1. The Hall–Kier alpha value is -1.56. The Labute approximate surface area is 140 Å². The van der Waals surface area contributed by atoms with Gasteiger partial charge in [-0.1, -0.05) is 5.21 Å². The Bertz CT molecular complexity index is 685. The van der Waals surface area contributed by atoms with Gasteiger partial charge in [0.1, 0.15) is 0 Å². The number of carbonyl (C=O) groups is 1. The molecule has 0 saturated carbocycles. The van der Waals surface area contributed by atoms with Crippen LogP contribution in [0, 0.1) is 5.92 Å². The molecule has 0 aromatic carbocycles. The Morgan fingerprint density at radius 3 is 2.71 bits per heavy atom. The topological polar surface area (TPSA) is 118 Å². The molecule has 0 radical (unpaired) electrons. The summed E-state index contributed by atoms with van der Waals surface area (Å²) in [5.74, 6) is -1.04. The van der Waals surface area contributed by atoms with Gasteiger partial charge < -0.3 is 9.84 Å². The van der Waals surface area contributed by atoms with E-state index >= 15 is 0 Å². The number of morpholine rings is 1. The molecule has 2 saturated heterocycles. The van der Waals surface area contributed by atoms with E-state index in [0.29, 0.717) is 45.9 Å². The lowest BCUT2D eigenvalue weighted by Crippen LogP contribution is -2.51. The average Bonchev–Trinajstić information content (AvgIpc) is 3.05. The zero-order valence-corrected chi connectivity index (χ0v) is 14.1. The van der Waals surface area contributed by atoms with Crippen LogP contribution in [0.2, 0.25) is 0 Å². The molecule has 2 fully saturated rings. The van der Waals surface area contributed by atoms with Crippen molar-refractivity contribution in [1.29, 1.82) is 0 Å². The van der Waals surface area contributed by atoms with Crippen LogP contribution in [0.25, 0.3) is 0 Å². The molecule has 0 spiro atoms. The number of carboxylic acids is 1. The number of carboxylic acid groups (broad SMARTS) is 1. The molecular weight excluding hydrogens is 338 g/mol. The van der Waals surface area contributed by atoms with Crippen molar-refractivity contribution in [3.05, 3.63) is 11.9 Å².